The van der Waals surface area contributed by atoms with Crippen molar-refractivity contribution >= 4 is 17.2 Å². The van der Waals surface area contributed by atoms with Crippen LogP contribution in [0.4, 0.5) is 0 Å². The van der Waals surface area contributed by atoms with Crippen molar-refractivity contribution in [3.8, 4) is 0 Å². The van der Waals surface area contributed by atoms with E-state index in [0.29, 0.717) is 0 Å². The maximum Gasteiger partial charge on any atom is 0.241 e. The smallest absolute Gasteiger partial charge is 0.241 e. The van der Waals surface area contributed by atoms with Gasteiger partial charge in [-0.1, -0.05) is 66.7 Å². The highest BCUT2D eigenvalue weighted by molar-refractivity contribution is 7.10. The Bertz CT molecular complexity index is 932. The van der Waals surface area contributed by atoms with Crippen LogP contribution in [0.3, 0.4) is 0 Å². The zero-order valence-electron chi connectivity index (χ0n) is 17.5. The molecule has 0 radical (unpaired) electrons. The number of piperazine rings is 1. The van der Waals surface area contributed by atoms with Gasteiger partial charge in [0.2, 0.25) is 5.91 Å². The number of hydrogen-bond donors (Lipinski definition) is 2. The number of benzene rings is 2. The second kappa shape index (κ2) is 9.32. The van der Waals surface area contributed by atoms with E-state index >= 15 is 0 Å². The maximum atomic E-state index is 13.1. The van der Waals surface area contributed by atoms with Crippen LogP contribution in [0, 0.1) is 0 Å². The molecule has 2 aliphatic rings. The number of hydrazine groups is 1. The minimum Gasteiger partial charge on any atom is -0.339 e. The van der Waals surface area contributed by atoms with E-state index in [1.165, 1.54) is 16.0 Å². The first kappa shape index (κ1) is 20.4. The van der Waals surface area contributed by atoms with Gasteiger partial charge in [-0.2, -0.15) is 0 Å². The van der Waals surface area contributed by atoms with Crippen molar-refractivity contribution in [3.05, 3.63) is 94.2 Å². The molecule has 0 bridgehead atoms. The van der Waals surface area contributed by atoms with Crippen LogP contribution < -0.4 is 10.9 Å². The highest BCUT2D eigenvalue weighted by Gasteiger charge is 2.35. The van der Waals surface area contributed by atoms with Gasteiger partial charge in [-0.25, -0.2) is 10.9 Å². The Balaban J connectivity index is 1.24. The molecule has 2 saturated heterocycles. The molecule has 2 N–H and O–H groups in total. The van der Waals surface area contributed by atoms with Crippen LogP contribution in [-0.2, 0) is 4.79 Å². The lowest BCUT2D eigenvalue weighted by molar-refractivity contribution is -0.135. The summed E-state index contributed by atoms with van der Waals surface area (Å²) in [4.78, 5) is 18.9. The molecule has 2 atom stereocenters. The molecule has 160 valence electrons. The van der Waals surface area contributed by atoms with Crippen molar-refractivity contribution in [2.45, 2.75) is 24.5 Å². The molecule has 5 rings (SSSR count). The molecular weight excluding hydrogens is 404 g/mol. The van der Waals surface area contributed by atoms with E-state index in [0.717, 1.165) is 32.6 Å². The van der Waals surface area contributed by atoms with Gasteiger partial charge in [0.1, 0.15) is 6.04 Å². The van der Waals surface area contributed by atoms with Crippen LogP contribution in [0.25, 0.3) is 0 Å². The van der Waals surface area contributed by atoms with E-state index in [9.17, 15) is 4.79 Å². The summed E-state index contributed by atoms with van der Waals surface area (Å²) in [6.07, 6.45) is 0.802. The quantitative estimate of drug-likeness (QED) is 0.647. The predicted octanol–water partition coefficient (Wildman–Crippen LogP) is 3.59. The number of hydrogen-bond acceptors (Lipinski definition) is 5. The van der Waals surface area contributed by atoms with Crippen molar-refractivity contribution in [1.29, 1.82) is 0 Å². The fraction of sp³-hybridized carbons (Fsp3) is 0.320. The van der Waals surface area contributed by atoms with Crippen LogP contribution in [0.1, 0.15) is 34.5 Å². The Labute approximate surface area is 187 Å². The van der Waals surface area contributed by atoms with Crippen molar-refractivity contribution in [1.82, 2.24) is 20.7 Å². The molecule has 2 fully saturated rings. The fourth-order valence-corrected chi connectivity index (χ4v) is 5.49. The molecule has 5 nitrogen and oxygen atoms in total. The number of amides is 1. The highest BCUT2D eigenvalue weighted by Crippen LogP contribution is 2.30. The molecule has 2 unspecified atom stereocenters. The van der Waals surface area contributed by atoms with E-state index in [-0.39, 0.29) is 24.0 Å². The average Bonchev–Trinajstić information content (AvgIpc) is 3.53. The third-order valence-electron chi connectivity index (χ3n) is 6.31. The summed E-state index contributed by atoms with van der Waals surface area (Å²) in [5, 5.41) is 2.08. The summed E-state index contributed by atoms with van der Waals surface area (Å²) in [5.74, 6) is 0.210. The van der Waals surface area contributed by atoms with Crippen molar-refractivity contribution in [2.75, 3.05) is 26.2 Å². The minimum atomic E-state index is -0.155. The topological polar surface area (TPSA) is 47.6 Å². The van der Waals surface area contributed by atoms with Gasteiger partial charge in [0.15, 0.2) is 0 Å². The van der Waals surface area contributed by atoms with Crippen LogP contribution in [-0.4, -0.2) is 47.9 Å². The second-order valence-corrected chi connectivity index (χ2v) is 9.21. The van der Waals surface area contributed by atoms with Gasteiger partial charge >= 0.3 is 0 Å². The van der Waals surface area contributed by atoms with E-state index in [1.807, 2.05) is 4.90 Å². The van der Waals surface area contributed by atoms with Crippen molar-refractivity contribution < 1.29 is 4.79 Å². The Kier molecular flexibility index (Phi) is 6.13. The number of carbonyl (C=O) groups excluding carboxylic acids is 1. The Morgan fingerprint density at radius 3 is 2.06 bits per heavy atom. The van der Waals surface area contributed by atoms with Gasteiger partial charge in [0.05, 0.1) is 12.1 Å². The molecular formula is C25H28N4OS. The molecule has 0 aliphatic carbocycles. The van der Waals surface area contributed by atoms with Gasteiger partial charge in [0, 0.05) is 31.1 Å². The summed E-state index contributed by atoms with van der Waals surface area (Å²) in [7, 11) is 0. The van der Waals surface area contributed by atoms with E-state index in [4.69, 9.17) is 0 Å². The number of rotatable bonds is 5. The van der Waals surface area contributed by atoms with E-state index in [2.05, 4.69) is 93.9 Å². The normalized spacial score (nSPS) is 22.2. The summed E-state index contributed by atoms with van der Waals surface area (Å²) in [5.41, 5.74) is 9.13. The van der Waals surface area contributed by atoms with E-state index in [1.54, 1.807) is 11.3 Å². The average molecular weight is 433 g/mol. The van der Waals surface area contributed by atoms with Gasteiger partial charge in [0.25, 0.3) is 0 Å². The lowest BCUT2D eigenvalue weighted by Crippen LogP contribution is -2.54. The fourth-order valence-electron chi connectivity index (χ4n) is 4.70. The first-order valence-corrected chi connectivity index (χ1v) is 11.8. The van der Waals surface area contributed by atoms with Gasteiger partial charge < -0.3 is 4.90 Å². The largest absolute Gasteiger partial charge is 0.339 e. The van der Waals surface area contributed by atoms with Gasteiger partial charge in [-0.05, 0) is 29.0 Å². The molecule has 2 aliphatic heterocycles. The molecule has 3 aromatic rings. The Morgan fingerprint density at radius 1 is 0.839 bits per heavy atom. The third kappa shape index (κ3) is 4.43. The summed E-state index contributed by atoms with van der Waals surface area (Å²) in [6.45, 7) is 3.26. The molecule has 0 saturated carbocycles. The first-order chi connectivity index (χ1) is 15.3. The van der Waals surface area contributed by atoms with Crippen LogP contribution in [0.15, 0.2) is 78.2 Å². The van der Waals surface area contributed by atoms with Crippen LogP contribution in [0.5, 0.6) is 0 Å². The van der Waals surface area contributed by atoms with Crippen molar-refractivity contribution in [2.24, 2.45) is 0 Å². The Morgan fingerprint density at radius 2 is 1.48 bits per heavy atom. The molecule has 1 amide bonds. The third-order valence-corrected chi connectivity index (χ3v) is 7.30. The summed E-state index contributed by atoms with van der Waals surface area (Å²) >= 11 is 1.73. The van der Waals surface area contributed by atoms with Crippen LogP contribution in [0.2, 0.25) is 0 Å². The lowest BCUT2D eigenvalue weighted by atomic mass is 9.96. The molecule has 31 heavy (non-hydrogen) atoms. The molecule has 1 aromatic heterocycles. The second-order valence-electron chi connectivity index (χ2n) is 8.23. The first-order valence-electron chi connectivity index (χ1n) is 11.0. The molecule has 0 spiro atoms. The Hall–Kier alpha value is -2.51. The maximum absolute atomic E-state index is 13.1. The SMILES string of the molecule is O=C(C1CC(c2cccs2)NN1)N1CCN(C(c2ccccc2)c2ccccc2)CC1. The van der Waals surface area contributed by atoms with E-state index < -0.39 is 0 Å². The van der Waals surface area contributed by atoms with Gasteiger partial charge in [-0.3, -0.25) is 9.69 Å². The molecule has 6 heteroatoms. The lowest BCUT2D eigenvalue weighted by Gasteiger charge is -2.40. The van der Waals surface area contributed by atoms with Gasteiger partial charge in [-0.15, -0.1) is 11.3 Å². The standard InChI is InChI=1S/C25H28N4OS/c30-25(22-18-21(26-27-22)23-12-7-17-31-23)29-15-13-28(14-16-29)24(19-8-3-1-4-9-19)20-10-5-2-6-11-20/h1-12,17,21-22,24,26-27H,13-16,18H2. The number of carbonyl (C=O) groups is 1. The molecule has 3 heterocycles. The zero-order valence-corrected chi connectivity index (χ0v) is 18.3. The molecule has 2 aromatic carbocycles. The monoisotopic (exact) mass is 432 g/mol. The zero-order chi connectivity index (χ0) is 21.0. The summed E-state index contributed by atoms with van der Waals surface area (Å²) < 4.78 is 0. The number of nitrogens with zero attached hydrogens (tertiary/aromatic N) is 2. The minimum absolute atomic E-state index is 0.155. The predicted molar refractivity (Wildman–Crippen MR) is 125 cm³/mol. The van der Waals surface area contributed by atoms with Crippen LogP contribution >= 0.6 is 11.3 Å². The highest BCUT2D eigenvalue weighted by atomic mass is 32.1. The summed E-state index contributed by atoms with van der Waals surface area (Å²) in [6, 6.07) is 25.8. The van der Waals surface area contributed by atoms with Crippen molar-refractivity contribution in [3.63, 3.8) is 0 Å². The number of nitrogens with one attached hydrogen (secondary N) is 2. The number of thiophene rings is 1.